The van der Waals surface area contributed by atoms with Crippen molar-refractivity contribution >= 4 is 22.4 Å². The van der Waals surface area contributed by atoms with Gasteiger partial charge in [0, 0.05) is 23.2 Å². The van der Waals surface area contributed by atoms with Gasteiger partial charge in [0.15, 0.2) is 5.13 Å². The van der Waals surface area contributed by atoms with Crippen molar-refractivity contribution in [3.05, 3.63) is 69.7 Å². The first kappa shape index (κ1) is 18.8. The molecule has 0 aliphatic heterocycles. The number of thiazole rings is 1. The number of hydrogen-bond donors (Lipinski definition) is 1. The quantitative estimate of drug-likeness (QED) is 0.682. The molecule has 27 heavy (non-hydrogen) atoms. The van der Waals surface area contributed by atoms with Crippen LogP contribution in [0.5, 0.6) is 0 Å². The number of pyridine rings is 1. The van der Waals surface area contributed by atoms with Crippen LogP contribution in [0.25, 0.3) is 11.3 Å². The number of nitrogens with zero attached hydrogens (tertiary/aromatic N) is 2. The molecule has 1 aromatic carbocycles. The van der Waals surface area contributed by atoms with Gasteiger partial charge in [-0.2, -0.15) is 13.2 Å². The number of halogens is 4. The first-order valence-electron chi connectivity index (χ1n) is 7.51. The van der Waals surface area contributed by atoms with E-state index in [1.165, 1.54) is 18.2 Å². The minimum absolute atomic E-state index is 0.180. The maximum absolute atomic E-state index is 13.3. The molecule has 3 aromatic rings. The highest BCUT2D eigenvalue weighted by atomic mass is 32.1. The summed E-state index contributed by atoms with van der Waals surface area (Å²) in [6, 6.07) is 7.13. The summed E-state index contributed by atoms with van der Waals surface area (Å²) in [6.07, 6.45) is -4.04. The number of hydrogen-bond acceptors (Lipinski definition) is 4. The van der Waals surface area contributed by atoms with E-state index in [9.17, 15) is 27.2 Å². The number of benzene rings is 1. The van der Waals surface area contributed by atoms with Gasteiger partial charge < -0.3 is 9.88 Å². The number of carbonyl (C=O) groups is 1. The van der Waals surface area contributed by atoms with E-state index in [0.29, 0.717) is 28.1 Å². The van der Waals surface area contributed by atoms with Crippen molar-refractivity contribution in [3.8, 4) is 11.3 Å². The summed E-state index contributed by atoms with van der Waals surface area (Å²) in [5.41, 5.74) is -0.817. The van der Waals surface area contributed by atoms with E-state index in [1.54, 1.807) is 11.4 Å². The van der Waals surface area contributed by atoms with E-state index in [1.807, 2.05) is 0 Å². The third-order valence-electron chi connectivity index (χ3n) is 3.50. The molecular weight excluding hydrogens is 386 g/mol. The highest BCUT2D eigenvalue weighted by molar-refractivity contribution is 7.14. The Balaban J connectivity index is 1.73. The topological polar surface area (TPSA) is 64.0 Å². The van der Waals surface area contributed by atoms with Crippen LogP contribution in [0, 0.1) is 5.82 Å². The van der Waals surface area contributed by atoms with Gasteiger partial charge >= 0.3 is 6.18 Å². The van der Waals surface area contributed by atoms with Crippen LogP contribution >= 0.6 is 11.3 Å². The molecule has 0 radical (unpaired) electrons. The number of carbonyl (C=O) groups excluding carboxylic acids is 1. The van der Waals surface area contributed by atoms with Crippen LogP contribution in [-0.4, -0.2) is 15.5 Å². The standard InChI is InChI=1S/C17H11F4N3O2S/c18-12-3-1-2-10(6-12)13-9-27-16(22-13)23-14(25)8-24-7-11(17(19,20)21)4-5-15(24)26/h1-7,9H,8H2,(H,22,23,25). The van der Waals surface area contributed by atoms with Crippen LogP contribution in [0.1, 0.15) is 5.56 Å². The normalized spacial score (nSPS) is 11.4. The third-order valence-corrected chi connectivity index (χ3v) is 4.25. The average molecular weight is 397 g/mol. The maximum atomic E-state index is 13.3. The third kappa shape index (κ3) is 4.59. The van der Waals surface area contributed by atoms with Crippen molar-refractivity contribution < 1.29 is 22.4 Å². The molecule has 0 fully saturated rings. The fourth-order valence-electron chi connectivity index (χ4n) is 2.25. The Morgan fingerprint density at radius 1 is 1.22 bits per heavy atom. The lowest BCUT2D eigenvalue weighted by Crippen LogP contribution is -2.28. The minimum Gasteiger partial charge on any atom is -0.305 e. The van der Waals surface area contributed by atoms with Crippen molar-refractivity contribution in [2.24, 2.45) is 0 Å². The van der Waals surface area contributed by atoms with Gasteiger partial charge in [-0.05, 0) is 18.2 Å². The monoisotopic (exact) mass is 397 g/mol. The summed E-state index contributed by atoms with van der Waals surface area (Å²) < 4.78 is 52.1. The van der Waals surface area contributed by atoms with Crippen LogP contribution in [0.4, 0.5) is 22.7 Å². The lowest BCUT2D eigenvalue weighted by atomic mass is 10.2. The molecule has 1 N–H and O–H groups in total. The molecule has 2 heterocycles. The molecule has 2 aromatic heterocycles. The molecule has 10 heteroatoms. The van der Waals surface area contributed by atoms with Gasteiger partial charge in [0.05, 0.1) is 11.3 Å². The minimum atomic E-state index is -4.62. The van der Waals surface area contributed by atoms with E-state index in [2.05, 4.69) is 10.3 Å². The van der Waals surface area contributed by atoms with Crippen molar-refractivity contribution in [2.45, 2.75) is 12.7 Å². The number of nitrogens with one attached hydrogen (secondary N) is 1. The molecule has 3 rings (SSSR count). The molecule has 140 valence electrons. The van der Waals surface area contributed by atoms with Gasteiger partial charge in [0.25, 0.3) is 5.56 Å². The van der Waals surface area contributed by atoms with Gasteiger partial charge in [-0.25, -0.2) is 9.37 Å². The smallest absolute Gasteiger partial charge is 0.305 e. The zero-order chi connectivity index (χ0) is 19.6. The number of rotatable bonds is 4. The lowest BCUT2D eigenvalue weighted by Gasteiger charge is -2.10. The van der Waals surface area contributed by atoms with Crippen molar-refractivity contribution in [1.29, 1.82) is 0 Å². The summed E-state index contributed by atoms with van der Waals surface area (Å²) in [6.45, 7) is -0.600. The van der Waals surface area contributed by atoms with Crippen molar-refractivity contribution in [3.63, 3.8) is 0 Å². The lowest BCUT2D eigenvalue weighted by molar-refractivity contribution is -0.138. The highest BCUT2D eigenvalue weighted by Gasteiger charge is 2.31. The Labute approximate surface area is 153 Å². The SMILES string of the molecule is O=C(Cn1cc(C(F)(F)F)ccc1=O)Nc1nc(-c2cccc(F)c2)cs1. The van der Waals surface area contributed by atoms with E-state index >= 15 is 0 Å². The molecule has 0 aliphatic carbocycles. The maximum Gasteiger partial charge on any atom is 0.417 e. The molecule has 5 nitrogen and oxygen atoms in total. The Bertz CT molecular complexity index is 1040. The van der Waals surface area contributed by atoms with Crippen LogP contribution in [-0.2, 0) is 17.5 Å². The molecule has 1 amide bonds. The molecule has 0 aliphatic rings. The Hall–Kier alpha value is -3.01. The van der Waals surface area contributed by atoms with E-state index in [4.69, 9.17) is 0 Å². The summed E-state index contributed by atoms with van der Waals surface area (Å²) in [7, 11) is 0. The Morgan fingerprint density at radius 2 is 2.00 bits per heavy atom. The van der Waals surface area contributed by atoms with Crippen LogP contribution in [0.3, 0.4) is 0 Å². The molecule has 0 saturated heterocycles. The molecular formula is C17H11F4N3O2S. The largest absolute Gasteiger partial charge is 0.417 e. The first-order valence-corrected chi connectivity index (χ1v) is 8.39. The molecule has 0 unspecified atom stereocenters. The summed E-state index contributed by atoms with van der Waals surface area (Å²) in [5, 5.41) is 4.19. The predicted molar refractivity (Wildman–Crippen MR) is 91.8 cm³/mol. The summed E-state index contributed by atoms with van der Waals surface area (Å²) >= 11 is 1.07. The van der Waals surface area contributed by atoms with E-state index in [0.717, 1.165) is 17.4 Å². The second kappa shape index (κ2) is 7.31. The fourth-order valence-corrected chi connectivity index (χ4v) is 2.98. The predicted octanol–water partition coefficient (Wildman–Crippen LogP) is 3.77. The molecule has 0 atom stereocenters. The van der Waals surface area contributed by atoms with Crippen LogP contribution in [0.15, 0.2) is 52.8 Å². The number of alkyl halides is 3. The van der Waals surface area contributed by atoms with Crippen molar-refractivity contribution in [2.75, 3.05) is 5.32 Å². The zero-order valence-electron chi connectivity index (χ0n) is 13.5. The second-order valence-electron chi connectivity index (χ2n) is 5.48. The van der Waals surface area contributed by atoms with Crippen molar-refractivity contribution in [1.82, 2.24) is 9.55 Å². The second-order valence-corrected chi connectivity index (χ2v) is 6.34. The van der Waals surface area contributed by atoms with E-state index < -0.39 is 35.6 Å². The van der Waals surface area contributed by atoms with Gasteiger partial charge in [0.1, 0.15) is 12.4 Å². The van der Waals surface area contributed by atoms with Crippen LogP contribution in [0.2, 0.25) is 0 Å². The zero-order valence-corrected chi connectivity index (χ0v) is 14.3. The fraction of sp³-hybridized carbons (Fsp3) is 0.118. The summed E-state index contributed by atoms with van der Waals surface area (Å²) in [4.78, 5) is 27.9. The van der Waals surface area contributed by atoms with Crippen LogP contribution < -0.4 is 10.9 Å². The number of aromatic nitrogens is 2. The summed E-state index contributed by atoms with van der Waals surface area (Å²) in [5.74, 6) is -1.15. The van der Waals surface area contributed by atoms with Gasteiger partial charge in [-0.1, -0.05) is 12.1 Å². The van der Waals surface area contributed by atoms with Gasteiger partial charge in [-0.15, -0.1) is 11.3 Å². The number of anilines is 1. The molecule has 0 spiro atoms. The Kier molecular flexibility index (Phi) is 5.08. The van der Waals surface area contributed by atoms with E-state index in [-0.39, 0.29) is 5.13 Å². The Morgan fingerprint density at radius 3 is 2.70 bits per heavy atom. The molecule has 0 saturated carbocycles. The first-order chi connectivity index (χ1) is 12.7. The van der Waals surface area contributed by atoms with Gasteiger partial charge in [0.2, 0.25) is 5.91 Å². The molecule has 0 bridgehead atoms. The number of amides is 1. The average Bonchev–Trinajstić information content (AvgIpc) is 3.04. The van der Waals surface area contributed by atoms with Gasteiger partial charge in [-0.3, -0.25) is 9.59 Å². The highest BCUT2D eigenvalue weighted by Crippen LogP contribution is 2.28.